The normalized spacial score (nSPS) is 29.8. The van der Waals surface area contributed by atoms with Gasteiger partial charge >= 0.3 is 0 Å². The van der Waals surface area contributed by atoms with Crippen molar-refractivity contribution in [3.8, 4) is 28.7 Å². The zero-order valence-electron chi connectivity index (χ0n) is 14.5. The molecule has 6 rings (SSSR count). The summed E-state index contributed by atoms with van der Waals surface area (Å²) in [6, 6.07) is 11.5. The minimum atomic E-state index is -0.339. The van der Waals surface area contributed by atoms with Crippen LogP contribution in [0.5, 0.6) is 28.7 Å². The molecule has 0 radical (unpaired) electrons. The summed E-state index contributed by atoms with van der Waals surface area (Å²) >= 11 is 0. The maximum atomic E-state index is 6.11. The van der Waals surface area contributed by atoms with Crippen molar-refractivity contribution in [2.75, 3.05) is 26.8 Å². The zero-order valence-corrected chi connectivity index (χ0v) is 14.5. The molecule has 0 aliphatic carbocycles. The van der Waals surface area contributed by atoms with Crippen LogP contribution < -0.4 is 23.7 Å². The molecular formula is C20H18O7. The van der Waals surface area contributed by atoms with E-state index < -0.39 is 0 Å². The van der Waals surface area contributed by atoms with Crippen LogP contribution in [0.4, 0.5) is 0 Å². The summed E-state index contributed by atoms with van der Waals surface area (Å²) in [5.74, 6) is 4.10. The molecule has 0 N–H and O–H groups in total. The second kappa shape index (κ2) is 5.94. The lowest BCUT2D eigenvalue weighted by atomic mass is 9.89. The topological polar surface area (TPSA) is 64.6 Å². The van der Waals surface area contributed by atoms with Crippen molar-refractivity contribution < 1.29 is 33.2 Å². The fourth-order valence-corrected chi connectivity index (χ4v) is 4.15. The molecular weight excluding hydrogens is 352 g/mol. The van der Waals surface area contributed by atoms with Gasteiger partial charge in [-0.3, -0.25) is 0 Å². The smallest absolute Gasteiger partial charge is 0.231 e. The van der Waals surface area contributed by atoms with Crippen LogP contribution in [-0.4, -0.2) is 33.1 Å². The Kier molecular flexibility index (Phi) is 3.39. The highest BCUT2D eigenvalue weighted by atomic mass is 16.7. The second-order valence-electron chi connectivity index (χ2n) is 7.03. The Bertz CT molecular complexity index is 883. The Hall–Kier alpha value is -2.64. The first-order valence-corrected chi connectivity index (χ1v) is 9.04. The third kappa shape index (κ3) is 2.49. The third-order valence-electron chi connectivity index (χ3n) is 5.53. The van der Waals surface area contributed by atoms with E-state index in [1.165, 1.54) is 0 Å². The summed E-state index contributed by atoms with van der Waals surface area (Å²) in [7, 11) is 0. The predicted octanol–water partition coefficient (Wildman–Crippen LogP) is 2.88. The zero-order chi connectivity index (χ0) is 17.8. The second-order valence-corrected chi connectivity index (χ2v) is 7.03. The SMILES string of the molecule is c1cc2c(cc1O[C@H]1OC[C@H]3[C@@H]1CO[C@@H]3c1ccc3c(c1)OCO3)OCO2. The molecule has 0 amide bonds. The van der Waals surface area contributed by atoms with E-state index in [2.05, 4.69) is 0 Å². The summed E-state index contributed by atoms with van der Waals surface area (Å²) in [6.07, 6.45) is -0.371. The molecule has 4 atom stereocenters. The lowest BCUT2D eigenvalue weighted by molar-refractivity contribution is -0.0788. The lowest BCUT2D eigenvalue weighted by Crippen LogP contribution is -2.26. The largest absolute Gasteiger partial charge is 0.464 e. The Morgan fingerprint density at radius 1 is 0.704 bits per heavy atom. The Labute approximate surface area is 155 Å². The predicted molar refractivity (Wildman–Crippen MR) is 91.2 cm³/mol. The lowest BCUT2D eigenvalue weighted by Gasteiger charge is -2.18. The van der Waals surface area contributed by atoms with Crippen molar-refractivity contribution in [1.82, 2.24) is 0 Å². The monoisotopic (exact) mass is 370 g/mol. The molecule has 0 saturated carbocycles. The van der Waals surface area contributed by atoms with E-state index in [4.69, 9.17) is 33.2 Å². The van der Waals surface area contributed by atoms with Crippen LogP contribution in [0.2, 0.25) is 0 Å². The van der Waals surface area contributed by atoms with Crippen molar-refractivity contribution in [2.45, 2.75) is 12.4 Å². The molecule has 0 unspecified atom stereocenters. The van der Waals surface area contributed by atoms with Gasteiger partial charge in [0.1, 0.15) is 5.75 Å². The van der Waals surface area contributed by atoms with Crippen molar-refractivity contribution >= 4 is 0 Å². The summed E-state index contributed by atoms with van der Waals surface area (Å²) in [5.41, 5.74) is 1.08. The molecule has 140 valence electrons. The van der Waals surface area contributed by atoms with E-state index in [0.29, 0.717) is 24.7 Å². The van der Waals surface area contributed by atoms with Gasteiger partial charge in [-0.1, -0.05) is 6.07 Å². The van der Waals surface area contributed by atoms with Gasteiger partial charge in [-0.05, 0) is 29.8 Å². The summed E-state index contributed by atoms with van der Waals surface area (Å²) in [6.45, 7) is 1.71. The summed E-state index contributed by atoms with van der Waals surface area (Å²) in [5, 5.41) is 0. The summed E-state index contributed by atoms with van der Waals surface area (Å²) < 4.78 is 39.8. The highest BCUT2D eigenvalue weighted by Crippen LogP contribution is 2.47. The number of hydrogen-bond donors (Lipinski definition) is 0. The maximum absolute atomic E-state index is 6.11. The Morgan fingerprint density at radius 3 is 2.26 bits per heavy atom. The number of fused-ring (bicyclic) bond motifs is 3. The minimum absolute atomic E-state index is 0.0325. The van der Waals surface area contributed by atoms with Gasteiger partial charge in [0.2, 0.25) is 19.9 Å². The van der Waals surface area contributed by atoms with Crippen molar-refractivity contribution in [3.63, 3.8) is 0 Å². The molecule has 7 nitrogen and oxygen atoms in total. The minimum Gasteiger partial charge on any atom is -0.464 e. The van der Waals surface area contributed by atoms with Crippen LogP contribution in [0.3, 0.4) is 0 Å². The number of ether oxygens (including phenoxy) is 7. The van der Waals surface area contributed by atoms with Crippen molar-refractivity contribution in [1.29, 1.82) is 0 Å². The van der Waals surface area contributed by atoms with Gasteiger partial charge in [-0.15, -0.1) is 0 Å². The molecule has 2 saturated heterocycles. The van der Waals surface area contributed by atoms with Gasteiger partial charge in [0.25, 0.3) is 0 Å². The third-order valence-corrected chi connectivity index (χ3v) is 5.53. The number of rotatable bonds is 3. The van der Waals surface area contributed by atoms with E-state index in [1.54, 1.807) is 0 Å². The Morgan fingerprint density at radius 2 is 1.41 bits per heavy atom. The van der Waals surface area contributed by atoms with E-state index in [0.717, 1.165) is 22.8 Å². The molecule has 4 heterocycles. The number of benzene rings is 2. The molecule has 2 fully saturated rings. The number of hydrogen-bond acceptors (Lipinski definition) is 7. The van der Waals surface area contributed by atoms with Gasteiger partial charge < -0.3 is 33.2 Å². The maximum Gasteiger partial charge on any atom is 0.231 e. The summed E-state index contributed by atoms with van der Waals surface area (Å²) in [4.78, 5) is 0. The van der Waals surface area contributed by atoms with Crippen LogP contribution in [0.1, 0.15) is 11.7 Å². The molecule has 2 aromatic carbocycles. The standard InChI is InChI=1S/C20H18O7/c1-3-15-17(25-9-23-15)5-11(1)19-13-7-22-20(14(13)8-21-19)27-12-2-4-16-18(6-12)26-10-24-16/h1-6,13-14,19-20H,7-10H2/t13-,14-,19+,20+/m0/s1. The van der Waals surface area contributed by atoms with Crippen molar-refractivity contribution in [3.05, 3.63) is 42.0 Å². The first-order valence-electron chi connectivity index (χ1n) is 9.04. The average molecular weight is 370 g/mol. The molecule has 4 aliphatic rings. The van der Waals surface area contributed by atoms with E-state index in [-0.39, 0.29) is 37.8 Å². The van der Waals surface area contributed by atoms with E-state index in [1.807, 2.05) is 36.4 Å². The molecule has 27 heavy (non-hydrogen) atoms. The van der Waals surface area contributed by atoms with Gasteiger partial charge in [-0.2, -0.15) is 0 Å². The fourth-order valence-electron chi connectivity index (χ4n) is 4.15. The molecule has 0 spiro atoms. The quantitative estimate of drug-likeness (QED) is 0.823. The highest BCUT2D eigenvalue weighted by molar-refractivity contribution is 5.47. The highest BCUT2D eigenvalue weighted by Gasteiger charge is 2.49. The molecule has 0 aromatic heterocycles. The average Bonchev–Trinajstić information content (AvgIpc) is 3.46. The molecule has 7 heteroatoms. The first kappa shape index (κ1) is 15.4. The first-order chi connectivity index (χ1) is 13.3. The van der Waals surface area contributed by atoms with E-state index >= 15 is 0 Å². The molecule has 0 bridgehead atoms. The molecule has 4 aliphatic heterocycles. The van der Waals surface area contributed by atoms with Gasteiger partial charge in [-0.25, -0.2) is 0 Å². The fraction of sp³-hybridized carbons (Fsp3) is 0.400. The van der Waals surface area contributed by atoms with Crippen molar-refractivity contribution in [2.24, 2.45) is 11.8 Å². The van der Waals surface area contributed by atoms with Crippen LogP contribution >= 0.6 is 0 Å². The van der Waals surface area contributed by atoms with Crippen LogP contribution in [0.25, 0.3) is 0 Å². The van der Waals surface area contributed by atoms with Gasteiger partial charge in [0.15, 0.2) is 23.0 Å². The van der Waals surface area contributed by atoms with Crippen LogP contribution in [-0.2, 0) is 9.47 Å². The van der Waals surface area contributed by atoms with Gasteiger partial charge in [0, 0.05) is 12.0 Å². The van der Waals surface area contributed by atoms with E-state index in [9.17, 15) is 0 Å². The Balaban J connectivity index is 1.19. The molecule has 2 aromatic rings. The van der Waals surface area contributed by atoms with Crippen LogP contribution in [0, 0.1) is 11.8 Å². The van der Waals surface area contributed by atoms with Gasteiger partial charge in [0.05, 0.1) is 25.2 Å². The van der Waals surface area contributed by atoms with Crippen LogP contribution in [0.15, 0.2) is 36.4 Å².